The molecular formula is C17H16N4O2. The number of hydrogen-bond acceptors (Lipinski definition) is 6. The molecule has 1 atom stereocenters. The molecule has 1 N–H and O–H groups in total. The van der Waals surface area contributed by atoms with E-state index >= 15 is 0 Å². The summed E-state index contributed by atoms with van der Waals surface area (Å²) in [5, 5.41) is 4.23. The summed E-state index contributed by atoms with van der Waals surface area (Å²) in [7, 11) is 0. The number of para-hydroxylation sites is 2. The van der Waals surface area contributed by atoms with Crippen molar-refractivity contribution in [1.29, 1.82) is 0 Å². The van der Waals surface area contributed by atoms with Gasteiger partial charge in [-0.2, -0.15) is 0 Å². The molecule has 0 amide bonds. The standard InChI is InChI=1S/C17H16N4O2/c1-11-20-16-13(5-4-8-18-16)17(21-11)19-9-12-10-22-14-6-2-3-7-15(14)23-12/h2-8,12H,9-10H2,1H3,(H,18,19,20,21)/t12-/m0/s1. The molecule has 0 saturated carbocycles. The quantitative estimate of drug-likeness (QED) is 0.802. The van der Waals surface area contributed by atoms with Gasteiger partial charge >= 0.3 is 0 Å². The van der Waals surface area contributed by atoms with Crippen LogP contribution in [0.5, 0.6) is 11.5 Å². The Morgan fingerprint density at radius 1 is 1.13 bits per heavy atom. The number of nitrogens with zero attached hydrogens (tertiary/aromatic N) is 3. The van der Waals surface area contributed by atoms with Crippen LogP contribution in [0, 0.1) is 6.92 Å². The summed E-state index contributed by atoms with van der Waals surface area (Å²) in [5.41, 5.74) is 0.689. The van der Waals surface area contributed by atoms with Gasteiger partial charge in [-0.3, -0.25) is 0 Å². The van der Waals surface area contributed by atoms with Crippen LogP contribution in [-0.2, 0) is 0 Å². The van der Waals surface area contributed by atoms with Crippen LogP contribution in [0.2, 0.25) is 0 Å². The number of pyridine rings is 1. The average Bonchev–Trinajstić information content (AvgIpc) is 2.59. The number of benzene rings is 1. The largest absolute Gasteiger partial charge is 0.486 e. The first-order valence-electron chi connectivity index (χ1n) is 7.51. The highest BCUT2D eigenvalue weighted by Crippen LogP contribution is 2.31. The Balaban J connectivity index is 1.52. The van der Waals surface area contributed by atoms with Gasteiger partial charge in [0.25, 0.3) is 0 Å². The molecule has 23 heavy (non-hydrogen) atoms. The van der Waals surface area contributed by atoms with Crippen LogP contribution in [0.3, 0.4) is 0 Å². The molecule has 6 heteroatoms. The zero-order chi connectivity index (χ0) is 15.6. The molecule has 0 bridgehead atoms. The maximum atomic E-state index is 5.95. The van der Waals surface area contributed by atoms with E-state index in [0.29, 0.717) is 24.6 Å². The van der Waals surface area contributed by atoms with Crippen molar-refractivity contribution in [2.75, 3.05) is 18.5 Å². The normalized spacial score (nSPS) is 16.3. The van der Waals surface area contributed by atoms with Crippen LogP contribution in [0.4, 0.5) is 5.82 Å². The summed E-state index contributed by atoms with van der Waals surface area (Å²) in [6.07, 6.45) is 1.65. The highest BCUT2D eigenvalue weighted by molar-refractivity contribution is 5.86. The molecule has 0 unspecified atom stereocenters. The van der Waals surface area contributed by atoms with Gasteiger partial charge in [-0.25, -0.2) is 15.0 Å². The number of ether oxygens (including phenoxy) is 2. The van der Waals surface area contributed by atoms with Gasteiger partial charge in [0.1, 0.15) is 24.4 Å². The van der Waals surface area contributed by atoms with E-state index in [1.807, 2.05) is 43.3 Å². The number of aryl methyl sites for hydroxylation is 1. The molecule has 0 saturated heterocycles. The Hall–Kier alpha value is -2.89. The second kappa shape index (κ2) is 5.72. The predicted octanol–water partition coefficient (Wildman–Crippen LogP) is 2.59. The molecule has 3 heterocycles. The molecule has 1 aliphatic heterocycles. The van der Waals surface area contributed by atoms with Crippen LogP contribution in [0.15, 0.2) is 42.6 Å². The van der Waals surface area contributed by atoms with E-state index in [0.717, 1.165) is 22.7 Å². The number of hydrogen-bond donors (Lipinski definition) is 1. The highest BCUT2D eigenvalue weighted by atomic mass is 16.6. The third-order valence-corrected chi connectivity index (χ3v) is 3.65. The van der Waals surface area contributed by atoms with Crippen molar-refractivity contribution in [3.8, 4) is 11.5 Å². The lowest BCUT2D eigenvalue weighted by atomic mass is 10.2. The number of fused-ring (bicyclic) bond motifs is 2. The molecule has 3 aromatic rings. The Morgan fingerprint density at radius 2 is 2.00 bits per heavy atom. The average molecular weight is 308 g/mol. The molecule has 4 rings (SSSR count). The fourth-order valence-corrected chi connectivity index (χ4v) is 2.58. The molecular weight excluding hydrogens is 292 g/mol. The van der Waals surface area contributed by atoms with Crippen molar-refractivity contribution in [2.24, 2.45) is 0 Å². The first kappa shape index (κ1) is 13.8. The van der Waals surface area contributed by atoms with E-state index in [1.165, 1.54) is 0 Å². The number of nitrogens with one attached hydrogen (secondary N) is 1. The Labute approximate surface area is 133 Å². The second-order valence-electron chi connectivity index (χ2n) is 5.37. The summed E-state index contributed by atoms with van der Waals surface area (Å²) in [6, 6.07) is 11.5. The molecule has 6 nitrogen and oxygen atoms in total. The van der Waals surface area contributed by atoms with Gasteiger partial charge in [0.05, 0.1) is 11.9 Å². The number of aromatic nitrogens is 3. The smallest absolute Gasteiger partial charge is 0.164 e. The zero-order valence-corrected chi connectivity index (χ0v) is 12.7. The topological polar surface area (TPSA) is 69.2 Å². The zero-order valence-electron chi connectivity index (χ0n) is 12.7. The van der Waals surface area contributed by atoms with Crippen LogP contribution in [-0.4, -0.2) is 34.2 Å². The lowest BCUT2D eigenvalue weighted by Crippen LogP contribution is -2.35. The maximum Gasteiger partial charge on any atom is 0.164 e. The van der Waals surface area contributed by atoms with E-state index in [-0.39, 0.29) is 6.10 Å². The van der Waals surface area contributed by atoms with Crippen LogP contribution < -0.4 is 14.8 Å². The molecule has 1 aliphatic rings. The molecule has 116 valence electrons. The monoisotopic (exact) mass is 308 g/mol. The number of anilines is 1. The van der Waals surface area contributed by atoms with Crippen molar-refractivity contribution >= 4 is 16.9 Å². The summed E-state index contributed by atoms with van der Waals surface area (Å²) >= 11 is 0. The van der Waals surface area contributed by atoms with Gasteiger partial charge in [0.15, 0.2) is 17.1 Å². The van der Waals surface area contributed by atoms with Crippen molar-refractivity contribution in [1.82, 2.24) is 15.0 Å². The molecule has 2 aromatic heterocycles. The van der Waals surface area contributed by atoms with Crippen LogP contribution >= 0.6 is 0 Å². The summed E-state index contributed by atoms with van der Waals surface area (Å²) in [6.45, 7) is 2.95. The van der Waals surface area contributed by atoms with E-state index in [1.54, 1.807) is 6.20 Å². The first-order valence-corrected chi connectivity index (χ1v) is 7.51. The molecule has 0 fully saturated rings. The third kappa shape index (κ3) is 2.75. The fourth-order valence-electron chi connectivity index (χ4n) is 2.58. The summed E-state index contributed by atoms with van der Waals surface area (Å²) < 4.78 is 11.7. The summed E-state index contributed by atoms with van der Waals surface area (Å²) in [5.74, 6) is 3.01. The van der Waals surface area contributed by atoms with Crippen LogP contribution in [0.25, 0.3) is 11.0 Å². The van der Waals surface area contributed by atoms with E-state index in [4.69, 9.17) is 9.47 Å². The SMILES string of the molecule is Cc1nc(NC[C@H]2COc3ccccc3O2)c2cccnc2n1. The van der Waals surface area contributed by atoms with Gasteiger partial charge in [-0.15, -0.1) is 0 Å². The minimum atomic E-state index is -0.0770. The van der Waals surface area contributed by atoms with E-state index in [2.05, 4.69) is 20.3 Å². The fraction of sp³-hybridized carbons (Fsp3) is 0.235. The third-order valence-electron chi connectivity index (χ3n) is 3.65. The Bertz CT molecular complexity index is 853. The minimum Gasteiger partial charge on any atom is -0.486 e. The highest BCUT2D eigenvalue weighted by Gasteiger charge is 2.20. The second-order valence-corrected chi connectivity index (χ2v) is 5.37. The van der Waals surface area contributed by atoms with Gasteiger partial charge < -0.3 is 14.8 Å². The van der Waals surface area contributed by atoms with Gasteiger partial charge in [0.2, 0.25) is 0 Å². The minimum absolute atomic E-state index is 0.0770. The first-order chi connectivity index (χ1) is 11.3. The van der Waals surface area contributed by atoms with E-state index < -0.39 is 0 Å². The van der Waals surface area contributed by atoms with Crippen LogP contribution in [0.1, 0.15) is 5.82 Å². The maximum absolute atomic E-state index is 5.95. The molecule has 0 radical (unpaired) electrons. The molecule has 0 spiro atoms. The van der Waals surface area contributed by atoms with Crippen molar-refractivity contribution in [2.45, 2.75) is 13.0 Å². The van der Waals surface area contributed by atoms with E-state index in [9.17, 15) is 0 Å². The van der Waals surface area contributed by atoms with Gasteiger partial charge in [0, 0.05) is 6.20 Å². The lowest BCUT2D eigenvalue weighted by molar-refractivity contribution is 0.0997. The molecule has 0 aliphatic carbocycles. The van der Waals surface area contributed by atoms with Crippen molar-refractivity contribution in [3.63, 3.8) is 0 Å². The molecule has 1 aromatic carbocycles. The summed E-state index contributed by atoms with van der Waals surface area (Å²) in [4.78, 5) is 13.1. The van der Waals surface area contributed by atoms with Gasteiger partial charge in [-0.1, -0.05) is 12.1 Å². The number of rotatable bonds is 3. The van der Waals surface area contributed by atoms with Crippen molar-refractivity contribution < 1.29 is 9.47 Å². The lowest BCUT2D eigenvalue weighted by Gasteiger charge is -2.26. The Kier molecular flexibility index (Phi) is 3.42. The van der Waals surface area contributed by atoms with Crippen molar-refractivity contribution in [3.05, 3.63) is 48.4 Å². The Morgan fingerprint density at radius 3 is 2.91 bits per heavy atom. The predicted molar refractivity (Wildman–Crippen MR) is 86.9 cm³/mol. The van der Waals surface area contributed by atoms with Gasteiger partial charge in [-0.05, 0) is 31.2 Å².